The fourth-order valence-electron chi connectivity index (χ4n) is 1.43. The van der Waals surface area contributed by atoms with E-state index in [0.717, 1.165) is 0 Å². The molecule has 0 spiro atoms. The summed E-state index contributed by atoms with van der Waals surface area (Å²) in [6, 6.07) is 4.99. The first-order chi connectivity index (χ1) is 8.56. The quantitative estimate of drug-likeness (QED) is 0.751. The third-order valence-corrected chi connectivity index (χ3v) is 2.45. The lowest BCUT2D eigenvalue weighted by Gasteiger charge is -2.12. The number of nitrogen functional groups attached to an aromatic ring is 1. The predicted octanol–water partition coefficient (Wildman–Crippen LogP) is 1.43. The summed E-state index contributed by atoms with van der Waals surface area (Å²) >= 11 is 0. The van der Waals surface area contributed by atoms with Gasteiger partial charge in [0, 0.05) is 31.0 Å². The van der Waals surface area contributed by atoms with Gasteiger partial charge in [-0.1, -0.05) is 0 Å². The minimum Gasteiger partial charge on any atom is -0.494 e. The van der Waals surface area contributed by atoms with E-state index in [1.807, 2.05) is 13.8 Å². The summed E-state index contributed by atoms with van der Waals surface area (Å²) in [5.74, 6) is 0.412. The standard InChI is InChI=1S/C13H20N2O3/c1-4-18-12-6-10(5-11(14)7-12)13(16)15-8-9(2)17-3/h5-7,9H,4,8,14H2,1-3H3,(H,15,16). The number of carbonyl (C=O) groups is 1. The van der Waals surface area contributed by atoms with Gasteiger partial charge in [-0.2, -0.15) is 0 Å². The van der Waals surface area contributed by atoms with E-state index < -0.39 is 0 Å². The molecule has 100 valence electrons. The average molecular weight is 252 g/mol. The fourth-order valence-corrected chi connectivity index (χ4v) is 1.43. The first-order valence-electron chi connectivity index (χ1n) is 5.91. The lowest BCUT2D eigenvalue weighted by atomic mass is 10.1. The molecule has 0 saturated heterocycles. The van der Waals surface area contributed by atoms with Crippen molar-refractivity contribution >= 4 is 11.6 Å². The Morgan fingerprint density at radius 3 is 2.78 bits per heavy atom. The van der Waals surface area contributed by atoms with Gasteiger partial charge in [0.2, 0.25) is 0 Å². The molecule has 1 rings (SSSR count). The second-order valence-electron chi connectivity index (χ2n) is 3.98. The lowest BCUT2D eigenvalue weighted by molar-refractivity contribution is 0.0870. The second-order valence-corrected chi connectivity index (χ2v) is 3.98. The fraction of sp³-hybridized carbons (Fsp3) is 0.462. The van der Waals surface area contributed by atoms with Crippen molar-refractivity contribution in [2.75, 3.05) is 26.0 Å². The summed E-state index contributed by atoms with van der Waals surface area (Å²) in [6.45, 7) is 4.74. The van der Waals surface area contributed by atoms with Crippen LogP contribution in [0.4, 0.5) is 5.69 Å². The number of nitrogens with one attached hydrogen (secondary N) is 1. The molecule has 0 aliphatic carbocycles. The minimum absolute atomic E-state index is 0.0265. The molecule has 0 aromatic heterocycles. The number of hydrogen-bond donors (Lipinski definition) is 2. The Morgan fingerprint density at radius 2 is 2.17 bits per heavy atom. The smallest absolute Gasteiger partial charge is 0.251 e. The van der Waals surface area contributed by atoms with Gasteiger partial charge in [-0.15, -0.1) is 0 Å². The summed E-state index contributed by atoms with van der Waals surface area (Å²) in [5.41, 5.74) is 6.72. The predicted molar refractivity (Wildman–Crippen MR) is 70.8 cm³/mol. The Hall–Kier alpha value is -1.75. The van der Waals surface area contributed by atoms with E-state index >= 15 is 0 Å². The summed E-state index contributed by atoms with van der Waals surface area (Å²) in [6.07, 6.45) is -0.0265. The molecule has 0 aliphatic heterocycles. The number of ether oxygens (including phenoxy) is 2. The van der Waals surface area contributed by atoms with E-state index in [9.17, 15) is 4.79 Å². The third-order valence-electron chi connectivity index (χ3n) is 2.45. The van der Waals surface area contributed by atoms with Crippen molar-refractivity contribution in [3.63, 3.8) is 0 Å². The Labute approximate surface area is 107 Å². The Balaban J connectivity index is 2.72. The molecule has 3 N–H and O–H groups in total. The zero-order chi connectivity index (χ0) is 13.5. The van der Waals surface area contributed by atoms with Crippen LogP contribution < -0.4 is 15.8 Å². The van der Waals surface area contributed by atoms with Crippen LogP contribution in [0.2, 0.25) is 0 Å². The molecule has 1 aromatic rings. The Morgan fingerprint density at radius 1 is 1.44 bits per heavy atom. The summed E-state index contributed by atoms with van der Waals surface area (Å²) in [5, 5.41) is 2.77. The van der Waals surface area contributed by atoms with E-state index in [1.165, 1.54) is 0 Å². The number of hydrogen-bond acceptors (Lipinski definition) is 4. The first kappa shape index (κ1) is 14.3. The summed E-state index contributed by atoms with van der Waals surface area (Å²) in [4.78, 5) is 11.9. The first-order valence-corrected chi connectivity index (χ1v) is 5.91. The topological polar surface area (TPSA) is 73.6 Å². The number of benzene rings is 1. The molecular weight excluding hydrogens is 232 g/mol. The van der Waals surface area contributed by atoms with Crippen molar-refractivity contribution in [1.82, 2.24) is 5.32 Å². The van der Waals surface area contributed by atoms with Crippen LogP contribution in [-0.2, 0) is 4.74 Å². The molecule has 0 radical (unpaired) electrons. The highest BCUT2D eigenvalue weighted by molar-refractivity contribution is 5.95. The summed E-state index contributed by atoms with van der Waals surface area (Å²) < 4.78 is 10.4. The van der Waals surface area contributed by atoms with E-state index in [1.54, 1.807) is 25.3 Å². The molecule has 0 bridgehead atoms. The molecule has 1 unspecified atom stereocenters. The van der Waals surface area contributed by atoms with E-state index in [-0.39, 0.29) is 12.0 Å². The van der Waals surface area contributed by atoms with Crippen molar-refractivity contribution in [3.8, 4) is 5.75 Å². The van der Waals surface area contributed by atoms with Gasteiger partial charge in [0.1, 0.15) is 5.75 Å². The molecule has 0 heterocycles. The van der Waals surface area contributed by atoms with Crippen LogP contribution in [0.15, 0.2) is 18.2 Å². The number of methoxy groups -OCH3 is 1. The SMILES string of the molecule is CCOc1cc(N)cc(C(=O)NCC(C)OC)c1. The maximum absolute atomic E-state index is 11.9. The molecule has 18 heavy (non-hydrogen) atoms. The molecule has 1 amide bonds. The van der Waals surface area contributed by atoms with Gasteiger partial charge in [0.15, 0.2) is 0 Å². The minimum atomic E-state index is -0.188. The lowest BCUT2D eigenvalue weighted by Crippen LogP contribution is -2.31. The Kier molecular flexibility index (Phi) is 5.45. The van der Waals surface area contributed by atoms with Crippen LogP contribution in [0.5, 0.6) is 5.75 Å². The monoisotopic (exact) mass is 252 g/mol. The third kappa shape index (κ3) is 4.25. The van der Waals surface area contributed by atoms with Crippen molar-refractivity contribution in [2.45, 2.75) is 20.0 Å². The summed E-state index contributed by atoms with van der Waals surface area (Å²) in [7, 11) is 1.60. The molecule has 1 aromatic carbocycles. The van der Waals surface area contributed by atoms with Gasteiger partial charge in [-0.3, -0.25) is 4.79 Å². The maximum atomic E-state index is 11.9. The van der Waals surface area contributed by atoms with Gasteiger partial charge >= 0.3 is 0 Å². The molecule has 1 atom stereocenters. The average Bonchev–Trinajstić information content (AvgIpc) is 2.35. The molecular formula is C13H20N2O3. The normalized spacial score (nSPS) is 11.9. The van der Waals surface area contributed by atoms with Crippen LogP contribution in [0.25, 0.3) is 0 Å². The van der Waals surface area contributed by atoms with Gasteiger partial charge in [-0.25, -0.2) is 0 Å². The number of anilines is 1. The number of nitrogens with two attached hydrogens (primary N) is 1. The highest BCUT2D eigenvalue weighted by Crippen LogP contribution is 2.18. The molecule has 0 aliphatic rings. The van der Waals surface area contributed by atoms with Crippen LogP contribution in [0.1, 0.15) is 24.2 Å². The molecule has 0 fully saturated rings. The van der Waals surface area contributed by atoms with Crippen molar-refractivity contribution in [2.24, 2.45) is 0 Å². The van der Waals surface area contributed by atoms with Crippen LogP contribution in [0, 0.1) is 0 Å². The van der Waals surface area contributed by atoms with E-state index in [2.05, 4.69) is 5.32 Å². The number of amides is 1. The van der Waals surface area contributed by atoms with Crippen molar-refractivity contribution in [1.29, 1.82) is 0 Å². The molecule has 5 nitrogen and oxygen atoms in total. The molecule has 5 heteroatoms. The van der Waals surface area contributed by atoms with E-state index in [4.69, 9.17) is 15.2 Å². The van der Waals surface area contributed by atoms with E-state index in [0.29, 0.717) is 30.2 Å². The second kappa shape index (κ2) is 6.86. The highest BCUT2D eigenvalue weighted by Gasteiger charge is 2.09. The highest BCUT2D eigenvalue weighted by atomic mass is 16.5. The van der Waals surface area contributed by atoms with Crippen LogP contribution in [-0.4, -0.2) is 32.3 Å². The van der Waals surface area contributed by atoms with Gasteiger partial charge in [-0.05, 0) is 26.0 Å². The van der Waals surface area contributed by atoms with Gasteiger partial charge in [0.05, 0.1) is 12.7 Å². The molecule has 0 saturated carbocycles. The number of carbonyl (C=O) groups excluding carboxylic acids is 1. The maximum Gasteiger partial charge on any atom is 0.251 e. The zero-order valence-corrected chi connectivity index (χ0v) is 11.0. The van der Waals surface area contributed by atoms with Crippen LogP contribution >= 0.6 is 0 Å². The zero-order valence-electron chi connectivity index (χ0n) is 11.0. The van der Waals surface area contributed by atoms with Crippen LogP contribution in [0.3, 0.4) is 0 Å². The number of rotatable bonds is 6. The van der Waals surface area contributed by atoms with Gasteiger partial charge < -0.3 is 20.5 Å². The van der Waals surface area contributed by atoms with Crippen molar-refractivity contribution < 1.29 is 14.3 Å². The Bertz CT molecular complexity index is 407. The van der Waals surface area contributed by atoms with Crippen molar-refractivity contribution in [3.05, 3.63) is 23.8 Å². The largest absolute Gasteiger partial charge is 0.494 e. The van der Waals surface area contributed by atoms with Gasteiger partial charge in [0.25, 0.3) is 5.91 Å².